The number of rotatable bonds is 6. The maximum absolute atomic E-state index is 5.71. The molecule has 0 bridgehead atoms. The van der Waals surface area contributed by atoms with Gasteiger partial charge in [0.15, 0.2) is 5.82 Å². The number of hydrogen-bond acceptors (Lipinski definition) is 5. The van der Waals surface area contributed by atoms with E-state index in [4.69, 9.17) is 4.74 Å². The molecular weight excluding hydrogens is 264 g/mol. The van der Waals surface area contributed by atoms with Gasteiger partial charge in [-0.2, -0.15) is 5.10 Å². The van der Waals surface area contributed by atoms with E-state index in [2.05, 4.69) is 60.2 Å². The van der Waals surface area contributed by atoms with Crippen molar-refractivity contribution in [1.82, 2.24) is 15.5 Å². The van der Waals surface area contributed by atoms with E-state index in [0.29, 0.717) is 6.10 Å². The van der Waals surface area contributed by atoms with Gasteiger partial charge >= 0.3 is 0 Å². The van der Waals surface area contributed by atoms with E-state index >= 15 is 0 Å². The van der Waals surface area contributed by atoms with Crippen LogP contribution in [-0.2, 0) is 11.3 Å². The standard InChI is InChI=1S/C16H28N4O/c1-5-20(12-14-7-6-10-21-14)15-9-8-13(18-19-15)11-17-16(2,3)4/h8-9,14,17H,5-7,10-12H2,1-4H3. The molecule has 0 radical (unpaired) electrons. The van der Waals surface area contributed by atoms with E-state index in [1.54, 1.807) is 0 Å². The molecule has 5 heteroatoms. The van der Waals surface area contributed by atoms with Crippen LogP contribution in [0.1, 0.15) is 46.2 Å². The van der Waals surface area contributed by atoms with Crippen molar-refractivity contribution in [2.24, 2.45) is 0 Å². The van der Waals surface area contributed by atoms with Crippen LogP contribution in [0.15, 0.2) is 12.1 Å². The lowest BCUT2D eigenvalue weighted by Crippen LogP contribution is -2.35. The third-order valence-corrected chi connectivity index (χ3v) is 3.66. The Morgan fingerprint density at radius 1 is 1.33 bits per heavy atom. The van der Waals surface area contributed by atoms with Crippen LogP contribution in [0.4, 0.5) is 5.82 Å². The lowest BCUT2D eigenvalue weighted by atomic mass is 10.1. The predicted octanol–water partition coefficient (Wildman–Crippen LogP) is 2.37. The van der Waals surface area contributed by atoms with Crippen LogP contribution in [0, 0.1) is 0 Å². The first-order valence-electron chi connectivity index (χ1n) is 7.92. The summed E-state index contributed by atoms with van der Waals surface area (Å²) < 4.78 is 5.71. The van der Waals surface area contributed by atoms with Crippen molar-refractivity contribution < 1.29 is 4.74 Å². The van der Waals surface area contributed by atoms with Crippen molar-refractivity contribution in [3.8, 4) is 0 Å². The molecule has 1 unspecified atom stereocenters. The van der Waals surface area contributed by atoms with Crippen molar-refractivity contribution in [3.63, 3.8) is 0 Å². The number of likely N-dealkylation sites (N-methyl/N-ethyl adjacent to an activating group) is 1. The third-order valence-electron chi connectivity index (χ3n) is 3.66. The van der Waals surface area contributed by atoms with Gasteiger partial charge in [-0.3, -0.25) is 0 Å². The summed E-state index contributed by atoms with van der Waals surface area (Å²) in [4.78, 5) is 2.24. The Morgan fingerprint density at radius 2 is 2.14 bits per heavy atom. The first kappa shape index (κ1) is 16.2. The lowest BCUT2D eigenvalue weighted by Gasteiger charge is -2.24. The van der Waals surface area contributed by atoms with Crippen LogP contribution >= 0.6 is 0 Å². The van der Waals surface area contributed by atoms with Gasteiger partial charge in [0.05, 0.1) is 11.8 Å². The molecule has 118 valence electrons. The zero-order valence-electron chi connectivity index (χ0n) is 13.7. The monoisotopic (exact) mass is 292 g/mol. The minimum Gasteiger partial charge on any atom is -0.376 e. The Hall–Kier alpha value is -1.20. The fourth-order valence-electron chi connectivity index (χ4n) is 2.39. The largest absolute Gasteiger partial charge is 0.376 e. The highest BCUT2D eigenvalue weighted by molar-refractivity contribution is 5.37. The Labute approximate surface area is 128 Å². The summed E-state index contributed by atoms with van der Waals surface area (Å²) in [6.45, 7) is 12.1. The van der Waals surface area contributed by atoms with E-state index in [9.17, 15) is 0 Å². The van der Waals surface area contributed by atoms with Gasteiger partial charge in [0.2, 0.25) is 0 Å². The molecule has 1 fully saturated rings. The molecule has 0 spiro atoms. The highest BCUT2D eigenvalue weighted by Gasteiger charge is 2.19. The normalized spacial score (nSPS) is 19.0. The Morgan fingerprint density at radius 3 is 2.67 bits per heavy atom. The van der Waals surface area contributed by atoms with E-state index in [-0.39, 0.29) is 5.54 Å². The van der Waals surface area contributed by atoms with Crippen LogP contribution in [0.2, 0.25) is 0 Å². The molecule has 5 nitrogen and oxygen atoms in total. The van der Waals surface area contributed by atoms with Gasteiger partial charge < -0.3 is 15.0 Å². The highest BCUT2D eigenvalue weighted by atomic mass is 16.5. The Bertz CT molecular complexity index is 421. The zero-order chi connectivity index (χ0) is 15.3. The van der Waals surface area contributed by atoms with Gasteiger partial charge in [0, 0.05) is 31.8 Å². The number of hydrogen-bond donors (Lipinski definition) is 1. The molecule has 1 aliphatic heterocycles. The minimum absolute atomic E-state index is 0.0929. The molecule has 1 aromatic rings. The SMILES string of the molecule is CCN(CC1CCCO1)c1ccc(CNC(C)(C)C)nn1. The topological polar surface area (TPSA) is 50.3 Å². The minimum atomic E-state index is 0.0929. The van der Waals surface area contributed by atoms with Gasteiger partial charge in [0.25, 0.3) is 0 Å². The smallest absolute Gasteiger partial charge is 0.151 e. The summed E-state index contributed by atoms with van der Waals surface area (Å²) in [6.07, 6.45) is 2.66. The summed E-state index contributed by atoms with van der Waals surface area (Å²) in [5.74, 6) is 0.938. The molecule has 0 saturated carbocycles. The predicted molar refractivity (Wildman–Crippen MR) is 85.5 cm³/mol. The van der Waals surface area contributed by atoms with Crippen molar-refractivity contribution in [3.05, 3.63) is 17.8 Å². The summed E-state index contributed by atoms with van der Waals surface area (Å²) in [5, 5.41) is 12.1. The maximum atomic E-state index is 5.71. The van der Waals surface area contributed by atoms with E-state index in [0.717, 1.165) is 44.2 Å². The van der Waals surface area contributed by atoms with Crippen LogP contribution in [0.3, 0.4) is 0 Å². The molecule has 1 aliphatic rings. The van der Waals surface area contributed by atoms with Crippen molar-refractivity contribution in [1.29, 1.82) is 0 Å². The van der Waals surface area contributed by atoms with Gasteiger partial charge in [0.1, 0.15) is 0 Å². The second-order valence-corrected chi connectivity index (χ2v) is 6.66. The average molecular weight is 292 g/mol. The molecular formula is C16H28N4O. The summed E-state index contributed by atoms with van der Waals surface area (Å²) in [6, 6.07) is 4.12. The summed E-state index contributed by atoms with van der Waals surface area (Å²) >= 11 is 0. The molecule has 1 atom stereocenters. The molecule has 1 N–H and O–H groups in total. The highest BCUT2D eigenvalue weighted by Crippen LogP contribution is 2.17. The van der Waals surface area contributed by atoms with Crippen molar-refractivity contribution >= 4 is 5.82 Å². The lowest BCUT2D eigenvalue weighted by molar-refractivity contribution is 0.115. The number of ether oxygens (including phenoxy) is 1. The van der Waals surface area contributed by atoms with Crippen molar-refractivity contribution in [2.75, 3.05) is 24.6 Å². The number of nitrogens with zero attached hydrogens (tertiary/aromatic N) is 3. The summed E-state index contributed by atoms with van der Waals surface area (Å²) in [7, 11) is 0. The molecule has 0 amide bonds. The van der Waals surface area contributed by atoms with Crippen LogP contribution < -0.4 is 10.2 Å². The second kappa shape index (κ2) is 7.18. The summed E-state index contributed by atoms with van der Waals surface area (Å²) in [5.41, 5.74) is 1.07. The van der Waals surface area contributed by atoms with Crippen molar-refractivity contribution in [2.45, 2.75) is 58.7 Å². The molecule has 0 aromatic carbocycles. The number of nitrogens with one attached hydrogen (secondary N) is 1. The molecule has 21 heavy (non-hydrogen) atoms. The third kappa shape index (κ3) is 5.25. The molecule has 0 aliphatic carbocycles. The Balaban J connectivity index is 1.92. The van der Waals surface area contributed by atoms with Gasteiger partial charge in [-0.25, -0.2) is 0 Å². The van der Waals surface area contributed by atoms with Gasteiger partial charge in [-0.1, -0.05) is 0 Å². The van der Waals surface area contributed by atoms with Crippen LogP contribution in [0.5, 0.6) is 0 Å². The molecule has 2 rings (SSSR count). The van der Waals surface area contributed by atoms with Crippen LogP contribution in [0.25, 0.3) is 0 Å². The fraction of sp³-hybridized carbons (Fsp3) is 0.750. The van der Waals surface area contributed by atoms with E-state index < -0.39 is 0 Å². The Kier molecular flexibility index (Phi) is 5.53. The quantitative estimate of drug-likeness (QED) is 0.872. The fourth-order valence-corrected chi connectivity index (χ4v) is 2.39. The van der Waals surface area contributed by atoms with E-state index in [1.165, 1.54) is 6.42 Å². The van der Waals surface area contributed by atoms with Crippen LogP contribution in [-0.4, -0.2) is 41.5 Å². The first-order chi connectivity index (χ1) is 9.98. The maximum Gasteiger partial charge on any atom is 0.151 e. The number of aromatic nitrogens is 2. The van der Waals surface area contributed by atoms with Gasteiger partial charge in [-0.15, -0.1) is 5.10 Å². The second-order valence-electron chi connectivity index (χ2n) is 6.66. The van der Waals surface area contributed by atoms with Gasteiger partial charge in [-0.05, 0) is 52.7 Å². The molecule has 1 saturated heterocycles. The zero-order valence-corrected chi connectivity index (χ0v) is 13.7. The number of anilines is 1. The average Bonchev–Trinajstić information content (AvgIpc) is 2.95. The van der Waals surface area contributed by atoms with E-state index in [1.807, 2.05) is 0 Å². The molecule has 1 aromatic heterocycles. The molecule has 2 heterocycles. The first-order valence-corrected chi connectivity index (χ1v) is 7.92.